The molecule has 0 aromatic carbocycles. The summed E-state index contributed by atoms with van der Waals surface area (Å²) in [6.07, 6.45) is 3.08. The highest BCUT2D eigenvalue weighted by Gasteiger charge is 2.27. The predicted molar refractivity (Wildman–Crippen MR) is 92.2 cm³/mol. The molecule has 0 fully saturated rings. The van der Waals surface area contributed by atoms with Gasteiger partial charge in [0.15, 0.2) is 0 Å². The highest BCUT2D eigenvalue weighted by Crippen LogP contribution is 2.18. The molecule has 132 valence electrons. The molecule has 3 aromatic heterocycles. The smallest absolute Gasteiger partial charge is 0.340 e. The van der Waals surface area contributed by atoms with Crippen LogP contribution in [-0.4, -0.2) is 21.8 Å². The van der Waals surface area contributed by atoms with Crippen LogP contribution in [0.1, 0.15) is 27.9 Å². The summed E-state index contributed by atoms with van der Waals surface area (Å²) in [5.41, 5.74) is 0.480. The molecule has 0 saturated heterocycles. The molecule has 7 nitrogen and oxygen atoms in total. The molecule has 8 heteroatoms. The van der Waals surface area contributed by atoms with E-state index >= 15 is 0 Å². The first-order valence-corrected chi connectivity index (χ1v) is 8.05. The van der Waals surface area contributed by atoms with Crippen molar-refractivity contribution in [3.63, 3.8) is 0 Å². The van der Waals surface area contributed by atoms with Gasteiger partial charge in [-0.05, 0) is 36.4 Å². The molecule has 0 spiro atoms. The number of furan rings is 1. The lowest BCUT2D eigenvalue weighted by Crippen LogP contribution is -2.32. The van der Waals surface area contributed by atoms with Crippen molar-refractivity contribution in [1.82, 2.24) is 15.3 Å². The summed E-state index contributed by atoms with van der Waals surface area (Å²) in [5.74, 6) is -0.653. The van der Waals surface area contributed by atoms with Crippen molar-refractivity contribution in [2.75, 3.05) is 0 Å². The molecular weight excluding hydrogens is 358 g/mol. The molecule has 0 radical (unpaired) electrons. The maximum absolute atomic E-state index is 12.6. The number of amides is 1. The van der Waals surface area contributed by atoms with Crippen LogP contribution in [0.4, 0.5) is 0 Å². The Labute approximate surface area is 154 Å². The number of hydrogen-bond donors (Lipinski definition) is 1. The minimum absolute atomic E-state index is 0.162. The highest BCUT2D eigenvalue weighted by atomic mass is 35.5. The molecule has 3 aromatic rings. The second kappa shape index (κ2) is 8.26. The van der Waals surface area contributed by atoms with Crippen LogP contribution in [0.15, 0.2) is 65.5 Å². The van der Waals surface area contributed by atoms with E-state index in [1.165, 1.54) is 30.8 Å². The lowest BCUT2D eigenvalue weighted by atomic mass is 10.2. The van der Waals surface area contributed by atoms with Gasteiger partial charge in [-0.3, -0.25) is 9.78 Å². The number of pyridine rings is 2. The molecule has 1 atom stereocenters. The number of nitrogens with zero attached hydrogens (tertiary/aromatic N) is 2. The Bertz CT molecular complexity index is 867. The molecule has 26 heavy (non-hydrogen) atoms. The number of carbonyl (C=O) groups excluding carboxylic acids is 2. The first-order valence-electron chi connectivity index (χ1n) is 7.67. The maximum Gasteiger partial charge on any atom is 0.340 e. The third kappa shape index (κ3) is 4.46. The Hall–Kier alpha value is -3.19. The molecule has 1 amide bonds. The molecule has 0 aliphatic carbocycles. The van der Waals surface area contributed by atoms with Crippen LogP contribution < -0.4 is 5.32 Å². The number of carbonyl (C=O) groups is 2. The minimum atomic E-state index is -1.21. The topological polar surface area (TPSA) is 94.3 Å². The number of nitrogens with one attached hydrogen (secondary N) is 1. The number of ether oxygens (including phenoxy) is 1. The van der Waals surface area contributed by atoms with Crippen LogP contribution in [0.25, 0.3) is 0 Å². The fourth-order valence-electron chi connectivity index (χ4n) is 2.13. The van der Waals surface area contributed by atoms with Crippen molar-refractivity contribution in [2.24, 2.45) is 0 Å². The van der Waals surface area contributed by atoms with Crippen LogP contribution in [-0.2, 0) is 16.1 Å². The average Bonchev–Trinajstić information content (AvgIpc) is 3.19. The average molecular weight is 372 g/mol. The number of halogens is 1. The highest BCUT2D eigenvalue weighted by molar-refractivity contribution is 6.29. The van der Waals surface area contributed by atoms with Gasteiger partial charge in [0.25, 0.3) is 5.91 Å². The Morgan fingerprint density at radius 3 is 2.69 bits per heavy atom. The lowest BCUT2D eigenvalue weighted by molar-refractivity contribution is -0.130. The number of hydrogen-bond acceptors (Lipinski definition) is 6. The van der Waals surface area contributed by atoms with Crippen molar-refractivity contribution >= 4 is 23.5 Å². The van der Waals surface area contributed by atoms with Gasteiger partial charge in [-0.2, -0.15) is 0 Å². The lowest BCUT2D eigenvalue weighted by Gasteiger charge is -2.17. The van der Waals surface area contributed by atoms with Gasteiger partial charge in [0, 0.05) is 12.4 Å². The van der Waals surface area contributed by atoms with Gasteiger partial charge in [0.05, 0.1) is 24.1 Å². The zero-order valence-electron chi connectivity index (χ0n) is 13.5. The first-order chi connectivity index (χ1) is 12.6. The summed E-state index contributed by atoms with van der Waals surface area (Å²) in [4.78, 5) is 32.8. The molecule has 0 aliphatic rings. The van der Waals surface area contributed by atoms with E-state index in [0.29, 0.717) is 11.5 Å². The zero-order valence-corrected chi connectivity index (χ0v) is 14.2. The van der Waals surface area contributed by atoms with Crippen LogP contribution in [0.5, 0.6) is 0 Å². The predicted octanol–water partition coefficient (Wildman–Crippen LogP) is 2.94. The van der Waals surface area contributed by atoms with Crippen molar-refractivity contribution in [2.45, 2.75) is 12.6 Å². The Morgan fingerprint density at radius 1 is 1.15 bits per heavy atom. The maximum atomic E-state index is 12.6. The zero-order chi connectivity index (χ0) is 18.4. The van der Waals surface area contributed by atoms with Crippen molar-refractivity contribution in [3.8, 4) is 0 Å². The quantitative estimate of drug-likeness (QED) is 0.529. The van der Waals surface area contributed by atoms with Crippen LogP contribution >= 0.6 is 11.6 Å². The molecule has 3 rings (SSSR count). The third-order valence-corrected chi connectivity index (χ3v) is 3.62. The standard InChI is InChI=1S/C18H14ClN3O4/c19-15-7-6-12(10-21-15)18(24)26-16(14-5-1-2-8-20-14)17(23)22-11-13-4-3-9-25-13/h1-10,16H,11H2,(H,22,23). The van der Waals surface area contributed by atoms with Crippen LogP contribution in [0.3, 0.4) is 0 Å². The summed E-state index contributed by atoms with van der Waals surface area (Å²) in [6, 6.07) is 11.4. The summed E-state index contributed by atoms with van der Waals surface area (Å²) in [5, 5.41) is 2.91. The van der Waals surface area contributed by atoms with Gasteiger partial charge in [-0.1, -0.05) is 17.7 Å². The van der Waals surface area contributed by atoms with Crippen LogP contribution in [0.2, 0.25) is 5.15 Å². The SMILES string of the molecule is O=C(OC(C(=O)NCc1ccco1)c1ccccn1)c1ccc(Cl)nc1. The first kappa shape index (κ1) is 17.6. The van der Waals surface area contributed by atoms with E-state index in [1.807, 2.05) is 0 Å². The normalized spacial score (nSPS) is 11.6. The van der Waals surface area contributed by atoms with E-state index in [9.17, 15) is 9.59 Å². The van der Waals surface area contributed by atoms with Gasteiger partial charge >= 0.3 is 5.97 Å². The molecule has 0 bridgehead atoms. The molecule has 0 aliphatic heterocycles. The number of rotatable bonds is 6. The van der Waals surface area contributed by atoms with E-state index in [4.69, 9.17) is 20.8 Å². The molecular formula is C18H14ClN3O4. The molecule has 1 N–H and O–H groups in total. The summed E-state index contributed by atoms with van der Waals surface area (Å²) in [7, 11) is 0. The number of esters is 1. The van der Waals surface area contributed by atoms with Gasteiger partial charge in [-0.25, -0.2) is 9.78 Å². The van der Waals surface area contributed by atoms with E-state index in [1.54, 1.807) is 30.3 Å². The number of aromatic nitrogens is 2. The summed E-state index contributed by atoms with van der Waals surface area (Å²) >= 11 is 5.71. The minimum Gasteiger partial charge on any atom is -0.467 e. The monoisotopic (exact) mass is 371 g/mol. The van der Waals surface area contributed by atoms with E-state index in [0.717, 1.165) is 0 Å². The Kier molecular flexibility index (Phi) is 5.60. The van der Waals surface area contributed by atoms with Crippen molar-refractivity contribution in [1.29, 1.82) is 0 Å². The van der Waals surface area contributed by atoms with E-state index in [-0.39, 0.29) is 17.3 Å². The van der Waals surface area contributed by atoms with E-state index in [2.05, 4.69) is 15.3 Å². The van der Waals surface area contributed by atoms with Gasteiger partial charge < -0.3 is 14.5 Å². The second-order valence-corrected chi connectivity index (χ2v) is 5.59. The Balaban J connectivity index is 1.75. The summed E-state index contributed by atoms with van der Waals surface area (Å²) < 4.78 is 10.5. The molecule has 0 saturated carbocycles. The van der Waals surface area contributed by atoms with Gasteiger partial charge in [0.1, 0.15) is 10.9 Å². The van der Waals surface area contributed by atoms with E-state index < -0.39 is 18.0 Å². The fourth-order valence-corrected chi connectivity index (χ4v) is 2.24. The Morgan fingerprint density at radius 2 is 2.04 bits per heavy atom. The van der Waals surface area contributed by atoms with Crippen molar-refractivity contribution in [3.05, 3.63) is 83.3 Å². The van der Waals surface area contributed by atoms with Gasteiger partial charge in [-0.15, -0.1) is 0 Å². The largest absolute Gasteiger partial charge is 0.467 e. The van der Waals surface area contributed by atoms with Crippen LogP contribution in [0, 0.1) is 0 Å². The summed E-state index contributed by atoms with van der Waals surface area (Å²) in [6.45, 7) is 0.162. The second-order valence-electron chi connectivity index (χ2n) is 5.21. The van der Waals surface area contributed by atoms with Gasteiger partial charge in [0.2, 0.25) is 6.10 Å². The fraction of sp³-hybridized carbons (Fsp3) is 0.111. The third-order valence-electron chi connectivity index (χ3n) is 3.40. The molecule has 3 heterocycles. The molecule has 1 unspecified atom stereocenters. The van der Waals surface area contributed by atoms with Crippen molar-refractivity contribution < 1.29 is 18.7 Å².